The molecule has 1 aromatic rings. The van der Waals surface area contributed by atoms with Gasteiger partial charge in [-0.1, -0.05) is 0 Å². The molecule has 0 amide bonds. The average Bonchev–Trinajstić information content (AvgIpc) is 2.17. The quantitative estimate of drug-likeness (QED) is 0.253. The number of hydrogen-bond donors (Lipinski definition) is 0. The molecule has 0 radical (unpaired) electrons. The highest BCUT2D eigenvalue weighted by molar-refractivity contribution is 5.76. The highest BCUT2D eigenvalue weighted by atomic mass is 16.6. The van der Waals surface area contributed by atoms with Crippen molar-refractivity contribution in [2.75, 3.05) is 0 Å². The third-order valence-corrected chi connectivity index (χ3v) is 2.03. The van der Waals surface area contributed by atoms with Crippen LogP contribution in [0, 0.1) is 15.3 Å². The van der Waals surface area contributed by atoms with Gasteiger partial charge in [0.1, 0.15) is 0 Å². The Morgan fingerprint density at radius 3 is 2.00 bits per heavy atom. The summed E-state index contributed by atoms with van der Waals surface area (Å²) >= 11 is 0. The number of nitro benzene ring substituents is 1. The number of nitro groups is 1. The van der Waals surface area contributed by atoms with Gasteiger partial charge in [-0.3, -0.25) is 10.1 Å². The summed E-state index contributed by atoms with van der Waals surface area (Å²) in [5.74, 6) is 0. The zero-order chi connectivity index (χ0) is 12.3. The van der Waals surface area contributed by atoms with Crippen LogP contribution in [0.3, 0.4) is 0 Å². The van der Waals surface area contributed by atoms with Crippen LogP contribution >= 0.6 is 0 Å². The first-order chi connectivity index (χ1) is 7.30. The first kappa shape index (κ1) is 12.2. The van der Waals surface area contributed by atoms with Crippen molar-refractivity contribution in [3.05, 3.63) is 45.2 Å². The van der Waals surface area contributed by atoms with Gasteiger partial charge in [-0.05, 0) is 12.1 Å². The van der Waals surface area contributed by atoms with Gasteiger partial charge in [-0.25, -0.2) is 4.74 Å². The Balaban J connectivity index is 2.96. The van der Waals surface area contributed by atoms with E-state index < -0.39 is 10.5 Å². The number of hydroxylamine groups is 1. The van der Waals surface area contributed by atoms with Crippen molar-refractivity contribution in [2.45, 2.75) is 26.3 Å². The molecule has 0 heterocycles. The largest absolute Gasteiger partial charge is 0.623 e. The maximum Gasteiger partial charge on any atom is 0.269 e. The first-order valence-corrected chi connectivity index (χ1v) is 4.86. The molecule has 0 bridgehead atoms. The second kappa shape index (κ2) is 4.30. The molecule has 1 rings (SSSR count). The SMILES string of the molecule is CC(C)(C)/[N+]([O-])=C\c1ccc([N+](=O)[O-])cc1. The van der Waals surface area contributed by atoms with Gasteiger partial charge in [0, 0.05) is 38.5 Å². The monoisotopic (exact) mass is 222 g/mol. The van der Waals surface area contributed by atoms with Crippen LogP contribution in [0.15, 0.2) is 24.3 Å². The molecule has 86 valence electrons. The van der Waals surface area contributed by atoms with Gasteiger partial charge in [0.15, 0.2) is 11.8 Å². The third kappa shape index (κ3) is 3.05. The lowest BCUT2D eigenvalue weighted by molar-refractivity contribution is -0.530. The predicted molar refractivity (Wildman–Crippen MR) is 61.6 cm³/mol. The van der Waals surface area contributed by atoms with Gasteiger partial charge in [0.25, 0.3) is 5.69 Å². The Hall–Kier alpha value is -1.91. The molecule has 5 nitrogen and oxygen atoms in total. The van der Waals surface area contributed by atoms with E-state index in [9.17, 15) is 15.3 Å². The van der Waals surface area contributed by atoms with Crippen molar-refractivity contribution in [3.63, 3.8) is 0 Å². The Morgan fingerprint density at radius 1 is 1.12 bits per heavy atom. The molecule has 1 aromatic carbocycles. The van der Waals surface area contributed by atoms with Gasteiger partial charge < -0.3 is 5.21 Å². The number of rotatable bonds is 2. The van der Waals surface area contributed by atoms with E-state index in [0.29, 0.717) is 5.56 Å². The van der Waals surface area contributed by atoms with Crippen molar-refractivity contribution in [1.82, 2.24) is 0 Å². The van der Waals surface area contributed by atoms with Gasteiger partial charge in [0.05, 0.1) is 4.92 Å². The Kier molecular flexibility index (Phi) is 3.27. The van der Waals surface area contributed by atoms with Gasteiger partial charge in [-0.2, -0.15) is 0 Å². The van der Waals surface area contributed by atoms with E-state index in [1.54, 1.807) is 32.9 Å². The number of benzene rings is 1. The second-order valence-electron chi connectivity index (χ2n) is 4.47. The van der Waals surface area contributed by atoms with E-state index in [1.807, 2.05) is 0 Å². The van der Waals surface area contributed by atoms with E-state index in [0.717, 1.165) is 4.74 Å². The molecular weight excluding hydrogens is 208 g/mol. The van der Waals surface area contributed by atoms with E-state index in [1.165, 1.54) is 18.3 Å². The second-order valence-corrected chi connectivity index (χ2v) is 4.47. The molecule has 0 aliphatic carbocycles. The standard InChI is InChI=1S/C11H14N2O3/c1-11(2,3)12(14)8-9-4-6-10(7-5-9)13(15)16/h4-8H,1-3H3/b12-8+. The van der Waals surface area contributed by atoms with Crippen LogP contribution in [-0.2, 0) is 0 Å². The Labute approximate surface area is 93.8 Å². The van der Waals surface area contributed by atoms with E-state index >= 15 is 0 Å². The summed E-state index contributed by atoms with van der Waals surface area (Å²) in [6, 6.07) is 5.86. The summed E-state index contributed by atoms with van der Waals surface area (Å²) in [4.78, 5) is 9.95. The maximum atomic E-state index is 11.6. The lowest BCUT2D eigenvalue weighted by Gasteiger charge is -2.18. The van der Waals surface area contributed by atoms with Crippen molar-refractivity contribution in [3.8, 4) is 0 Å². The lowest BCUT2D eigenvalue weighted by Crippen LogP contribution is -2.29. The minimum absolute atomic E-state index is 0.0188. The molecule has 16 heavy (non-hydrogen) atoms. The summed E-state index contributed by atoms with van der Waals surface area (Å²) in [6.07, 6.45) is 1.42. The predicted octanol–water partition coefficient (Wildman–Crippen LogP) is 2.32. The molecule has 0 unspecified atom stereocenters. The van der Waals surface area contributed by atoms with Crippen LogP contribution in [0.5, 0.6) is 0 Å². The van der Waals surface area contributed by atoms with Crippen LogP contribution in [0.2, 0.25) is 0 Å². The number of hydrogen-bond acceptors (Lipinski definition) is 3. The first-order valence-electron chi connectivity index (χ1n) is 4.86. The fraction of sp³-hybridized carbons (Fsp3) is 0.364. The molecule has 0 spiro atoms. The summed E-state index contributed by atoms with van der Waals surface area (Å²) in [7, 11) is 0. The van der Waals surface area contributed by atoms with E-state index in [-0.39, 0.29) is 5.69 Å². The van der Waals surface area contributed by atoms with Gasteiger partial charge in [-0.15, -0.1) is 0 Å². The number of nitrogens with zero attached hydrogens (tertiary/aromatic N) is 2. The zero-order valence-corrected chi connectivity index (χ0v) is 9.51. The van der Waals surface area contributed by atoms with Gasteiger partial charge in [0.2, 0.25) is 0 Å². The molecule has 5 heteroatoms. The maximum absolute atomic E-state index is 11.6. The summed E-state index contributed by atoms with van der Waals surface area (Å²) < 4.78 is 0.828. The fourth-order valence-corrected chi connectivity index (χ4v) is 1.01. The molecule has 0 fully saturated rings. The highest BCUT2D eigenvalue weighted by Gasteiger charge is 2.18. The molecule has 0 aliphatic heterocycles. The van der Waals surface area contributed by atoms with Crippen LogP contribution in [0.25, 0.3) is 0 Å². The van der Waals surface area contributed by atoms with Crippen LogP contribution in [0.1, 0.15) is 26.3 Å². The average molecular weight is 222 g/mol. The Morgan fingerprint density at radius 2 is 1.62 bits per heavy atom. The minimum Gasteiger partial charge on any atom is -0.623 e. The highest BCUT2D eigenvalue weighted by Crippen LogP contribution is 2.11. The van der Waals surface area contributed by atoms with Crippen molar-refractivity contribution < 1.29 is 9.66 Å². The lowest BCUT2D eigenvalue weighted by atomic mass is 10.1. The normalized spacial score (nSPS) is 12.6. The van der Waals surface area contributed by atoms with Gasteiger partial charge >= 0.3 is 0 Å². The van der Waals surface area contributed by atoms with E-state index in [2.05, 4.69) is 0 Å². The smallest absolute Gasteiger partial charge is 0.269 e. The molecule has 0 aliphatic rings. The topological polar surface area (TPSA) is 69.2 Å². The summed E-state index contributed by atoms with van der Waals surface area (Å²) in [5.41, 5.74) is 0.155. The zero-order valence-electron chi connectivity index (χ0n) is 9.51. The van der Waals surface area contributed by atoms with Crippen molar-refractivity contribution >= 4 is 11.9 Å². The van der Waals surface area contributed by atoms with Crippen LogP contribution in [-0.4, -0.2) is 21.4 Å². The van der Waals surface area contributed by atoms with Crippen molar-refractivity contribution in [1.29, 1.82) is 0 Å². The molecule has 0 atom stereocenters. The summed E-state index contributed by atoms with van der Waals surface area (Å²) in [5, 5.41) is 22.0. The minimum atomic E-state index is -0.512. The Bertz CT molecular complexity index is 416. The fourth-order valence-electron chi connectivity index (χ4n) is 1.01. The molecule has 0 aromatic heterocycles. The molecule has 0 saturated carbocycles. The number of non-ortho nitro benzene ring substituents is 1. The molecular formula is C11H14N2O3. The van der Waals surface area contributed by atoms with Crippen LogP contribution < -0.4 is 0 Å². The summed E-state index contributed by atoms with van der Waals surface area (Å²) in [6.45, 7) is 5.38. The molecule has 0 N–H and O–H groups in total. The van der Waals surface area contributed by atoms with E-state index in [4.69, 9.17) is 0 Å². The van der Waals surface area contributed by atoms with Crippen molar-refractivity contribution in [2.24, 2.45) is 0 Å². The third-order valence-electron chi connectivity index (χ3n) is 2.03. The van der Waals surface area contributed by atoms with Crippen LogP contribution in [0.4, 0.5) is 5.69 Å². The molecule has 0 saturated heterocycles.